The van der Waals surface area contributed by atoms with E-state index in [1.165, 1.54) is 10.9 Å². The molecule has 0 fully saturated rings. The highest BCUT2D eigenvalue weighted by atomic mass is 16.4. The highest BCUT2D eigenvalue weighted by Gasteiger charge is 2.15. The molecule has 0 aliphatic carbocycles. The third-order valence-electron chi connectivity index (χ3n) is 3.25. The van der Waals surface area contributed by atoms with Crippen LogP contribution in [0.4, 0.5) is 0 Å². The van der Waals surface area contributed by atoms with Crippen molar-refractivity contribution in [3.8, 4) is 11.6 Å². The highest BCUT2D eigenvalue weighted by molar-refractivity contribution is 5.85. The third-order valence-corrected chi connectivity index (χ3v) is 3.25. The fraction of sp³-hybridized carbons (Fsp3) is 0.333. The monoisotopic (exact) mass is 255 g/mol. The summed E-state index contributed by atoms with van der Waals surface area (Å²) in [6, 6.07) is 10.5. The average molecular weight is 255 g/mol. The van der Waals surface area contributed by atoms with Crippen LogP contribution in [0.25, 0.3) is 22.5 Å². The molecular formula is C15H17N3O. The van der Waals surface area contributed by atoms with Crippen LogP contribution in [0.1, 0.15) is 26.2 Å². The first kappa shape index (κ1) is 12.0. The van der Waals surface area contributed by atoms with E-state index in [1.54, 1.807) is 0 Å². The second-order valence-corrected chi connectivity index (χ2v) is 4.59. The zero-order chi connectivity index (χ0) is 13.2. The van der Waals surface area contributed by atoms with Crippen LogP contribution in [-0.4, -0.2) is 14.8 Å². The van der Waals surface area contributed by atoms with Crippen molar-refractivity contribution in [2.24, 2.45) is 0 Å². The summed E-state index contributed by atoms with van der Waals surface area (Å²) >= 11 is 0. The molecule has 0 saturated carbocycles. The lowest BCUT2D eigenvalue weighted by atomic mass is 10.2. The minimum Gasteiger partial charge on any atom is -0.419 e. The third kappa shape index (κ3) is 2.03. The minimum atomic E-state index is 0.612. The summed E-state index contributed by atoms with van der Waals surface area (Å²) in [6.07, 6.45) is 1.83. The molecule has 1 aromatic carbocycles. The smallest absolute Gasteiger partial charge is 0.264 e. The molecule has 2 heterocycles. The fourth-order valence-corrected chi connectivity index (χ4v) is 2.35. The van der Waals surface area contributed by atoms with E-state index >= 15 is 0 Å². The Bertz CT molecular complexity index is 696. The molecule has 0 N–H and O–H groups in total. The Morgan fingerprint density at radius 1 is 1.16 bits per heavy atom. The van der Waals surface area contributed by atoms with Crippen LogP contribution >= 0.6 is 0 Å². The van der Waals surface area contributed by atoms with Gasteiger partial charge in [0.2, 0.25) is 5.89 Å². The van der Waals surface area contributed by atoms with Gasteiger partial charge in [-0.15, -0.1) is 10.2 Å². The van der Waals surface area contributed by atoms with Crippen molar-refractivity contribution >= 4 is 10.9 Å². The molecule has 98 valence electrons. The van der Waals surface area contributed by atoms with E-state index in [9.17, 15) is 0 Å². The van der Waals surface area contributed by atoms with E-state index in [-0.39, 0.29) is 0 Å². The molecule has 4 nitrogen and oxygen atoms in total. The highest BCUT2D eigenvalue weighted by Crippen LogP contribution is 2.27. The van der Waals surface area contributed by atoms with Gasteiger partial charge in [0.25, 0.3) is 5.89 Å². The van der Waals surface area contributed by atoms with Gasteiger partial charge in [-0.2, -0.15) is 0 Å². The molecule has 3 rings (SSSR count). The van der Waals surface area contributed by atoms with Crippen LogP contribution in [0.3, 0.4) is 0 Å². The zero-order valence-electron chi connectivity index (χ0n) is 11.3. The number of rotatable bonds is 4. The molecule has 0 amide bonds. The number of hydrogen-bond acceptors (Lipinski definition) is 3. The molecule has 4 heteroatoms. The summed E-state index contributed by atoms with van der Waals surface area (Å²) < 4.78 is 7.94. The fourth-order valence-electron chi connectivity index (χ4n) is 2.35. The van der Waals surface area contributed by atoms with Crippen molar-refractivity contribution in [2.75, 3.05) is 0 Å². The van der Waals surface area contributed by atoms with E-state index in [4.69, 9.17) is 4.42 Å². The zero-order valence-corrected chi connectivity index (χ0v) is 11.3. The molecule has 0 aliphatic heterocycles. The topological polar surface area (TPSA) is 43.9 Å². The number of aromatic nitrogens is 3. The molecular weight excluding hydrogens is 238 g/mol. The van der Waals surface area contributed by atoms with Gasteiger partial charge in [-0.25, -0.2) is 0 Å². The predicted molar refractivity (Wildman–Crippen MR) is 74.9 cm³/mol. The van der Waals surface area contributed by atoms with Gasteiger partial charge in [-0.05, 0) is 18.6 Å². The van der Waals surface area contributed by atoms with Crippen molar-refractivity contribution < 1.29 is 4.42 Å². The van der Waals surface area contributed by atoms with Gasteiger partial charge >= 0.3 is 0 Å². The van der Waals surface area contributed by atoms with Gasteiger partial charge in [-0.1, -0.05) is 32.0 Å². The van der Waals surface area contributed by atoms with Gasteiger partial charge in [0.15, 0.2) is 0 Å². The number of nitrogens with zero attached hydrogens (tertiary/aromatic N) is 3. The van der Waals surface area contributed by atoms with Gasteiger partial charge < -0.3 is 8.98 Å². The van der Waals surface area contributed by atoms with Crippen LogP contribution in [0.5, 0.6) is 0 Å². The molecule has 3 aromatic rings. The maximum atomic E-state index is 5.69. The molecule has 0 saturated heterocycles. The van der Waals surface area contributed by atoms with Crippen molar-refractivity contribution in [3.05, 3.63) is 36.2 Å². The Morgan fingerprint density at radius 3 is 2.74 bits per heavy atom. The van der Waals surface area contributed by atoms with Crippen molar-refractivity contribution in [2.45, 2.75) is 33.2 Å². The largest absolute Gasteiger partial charge is 0.419 e. The van der Waals surface area contributed by atoms with Crippen LogP contribution in [0.2, 0.25) is 0 Å². The SMILES string of the molecule is CCCn1c(-c2nnc(CC)o2)cc2ccccc21. The molecule has 0 radical (unpaired) electrons. The number of aryl methyl sites for hydroxylation is 2. The lowest BCUT2D eigenvalue weighted by molar-refractivity contribution is 0.507. The van der Waals surface area contributed by atoms with Crippen molar-refractivity contribution in [3.63, 3.8) is 0 Å². The van der Waals surface area contributed by atoms with E-state index in [1.807, 2.05) is 13.0 Å². The molecule has 2 aromatic heterocycles. The summed E-state index contributed by atoms with van der Waals surface area (Å²) in [5.74, 6) is 1.30. The Balaban J connectivity index is 2.18. The normalized spacial score (nSPS) is 11.3. The number of benzene rings is 1. The van der Waals surface area contributed by atoms with Crippen LogP contribution in [0, 0.1) is 0 Å². The van der Waals surface area contributed by atoms with Gasteiger partial charge in [0.05, 0.1) is 0 Å². The van der Waals surface area contributed by atoms with Gasteiger partial charge in [0.1, 0.15) is 5.69 Å². The Hall–Kier alpha value is -2.10. The lowest BCUT2D eigenvalue weighted by Gasteiger charge is -2.06. The van der Waals surface area contributed by atoms with Gasteiger partial charge in [0, 0.05) is 23.9 Å². The van der Waals surface area contributed by atoms with E-state index in [0.29, 0.717) is 11.8 Å². The predicted octanol–water partition coefficient (Wildman–Crippen LogP) is 3.66. The van der Waals surface area contributed by atoms with Crippen LogP contribution < -0.4 is 0 Å². The summed E-state index contributed by atoms with van der Waals surface area (Å²) in [6.45, 7) is 5.13. The standard InChI is InChI=1S/C15H17N3O/c1-3-9-18-12-8-6-5-7-11(12)10-13(18)15-17-16-14(4-2)19-15/h5-8,10H,3-4,9H2,1-2H3. The lowest BCUT2D eigenvalue weighted by Crippen LogP contribution is -1.98. The Morgan fingerprint density at radius 2 is 2.00 bits per heavy atom. The number of hydrogen-bond donors (Lipinski definition) is 0. The Labute approximate surface area is 112 Å². The quantitative estimate of drug-likeness (QED) is 0.714. The van der Waals surface area contributed by atoms with Gasteiger partial charge in [-0.3, -0.25) is 0 Å². The second kappa shape index (κ2) is 4.88. The molecule has 19 heavy (non-hydrogen) atoms. The maximum Gasteiger partial charge on any atom is 0.264 e. The molecule has 0 atom stereocenters. The van der Waals surface area contributed by atoms with E-state index < -0.39 is 0 Å². The summed E-state index contributed by atoms with van der Waals surface area (Å²) in [5, 5.41) is 9.42. The first-order chi connectivity index (χ1) is 9.33. The maximum absolute atomic E-state index is 5.69. The summed E-state index contributed by atoms with van der Waals surface area (Å²) in [7, 11) is 0. The van der Waals surface area contributed by atoms with Crippen molar-refractivity contribution in [1.82, 2.24) is 14.8 Å². The minimum absolute atomic E-state index is 0.612. The first-order valence-electron chi connectivity index (χ1n) is 6.74. The Kier molecular flexibility index (Phi) is 3.07. The van der Waals surface area contributed by atoms with Crippen LogP contribution in [0.15, 0.2) is 34.7 Å². The molecule has 0 bridgehead atoms. The summed E-state index contributed by atoms with van der Waals surface area (Å²) in [4.78, 5) is 0. The first-order valence-corrected chi connectivity index (χ1v) is 6.74. The molecule has 0 spiro atoms. The number of fused-ring (bicyclic) bond motifs is 1. The molecule has 0 aliphatic rings. The van der Waals surface area contributed by atoms with E-state index in [0.717, 1.165) is 25.1 Å². The molecule has 0 unspecified atom stereocenters. The second-order valence-electron chi connectivity index (χ2n) is 4.59. The average Bonchev–Trinajstić information content (AvgIpc) is 3.04. The number of para-hydroxylation sites is 1. The van der Waals surface area contributed by atoms with Crippen LogP contribution in [-0.2, 0) is 13.0 Å². The van der Waals surface area contributed by atoms with Crippen molar-refractivity contribution in [1.29, 1.82) is 0 Å². The van der Waals surface area contributed by atoms with E-state index in [2.05, 4.69) is 46.0 Å². The summed E-state index contributed by atoms with van der Waals surface area (Å²) in [5.41, 5.74) is 2.23.